The zero-order chi connectivity index (χ0) is 21.8. The van der Waals surface area contributed by atoms with Crippen LogP contribution in [0.15, 0.2) is 59.0 Å². The van der Waals surface area contributed by atoms with Crippen LogP contribution in [0.2, 0.25) is 0 Å². The van der Waals surface area contributed by atoms with Crippen molar-refractivity contribution in [3.05, 3.63) is 71.6 Å². The lowest BCUT2D eigenvalue weighted by Crippen LogP contribution is -2.41. The van der Waals surface area contributed by atoms with E-state index >= 15 is 0 Å². The van der Waals surface area contributed by atoms with Crippen LogP contribution in [0.3, 0.4) is 0 Å². The minimum absolute atomic E-state index is 0.141. The number of likely N-dealkylation sites (tertiary alicyclic amines) is 1. The van der Waals surface area contributed by atoms with Crippen LogP contribution in [0.5, 0.6) is 5.75 Å². The zero-order valence-corrected chi connectivity index (χ0v) is 17.3. The van der Waals surface area contributed by atoms with E-state index in [0.29, 0.717) is 42.5 Å². The lowest BCUT2D eigenvalue weighted by Gasteiger charge is -2.21. The van der Waals surface area contributed by atoms with Gasteiger partial charge in [-0.15, -0.1) is 0 Å². The smallest absolute Gasteiger partial charge is 0.326 e. The molecule has 0 unspecified atom stereocenters. The number of hydrogen-bond donors (Lipinski definition) is 1. The first kappa shape index (κ1) is 20.7. The largest absolute Gasteiger partial charge is 0.487 e. The number of carboxylic acid groups (broad SMARTS) is 1. The number of rotatable bonds is 7. The lowest BCUT2D eigenvalue weighted by atomic mass is 10.1. The van der Waals surface area contributed by atoms with E-state index in [1.807, 2.05) is 55.5 Å². The summed E-state index contributed by atoms with van der Waals surface area (Å²) in [4.78, 5) is 29.9. The third kappa shape index (κ3) is 4.77. The number of oxazole rings is 1. The average Bonchev–Trinajstić information content (AvgIpc) is 3.40. The third-order valence-electron chi connectivity index (χ3n) is 5.40. The number of amides is 1. The molecule has 1 fully saturated rings. The number of aromatic nitrogens is 1. The summed E-state index contributed by atoms with van der Waals surface area (Å²) >= 11 is 0. The van der Waals surface area contributed by atoms with Crippen LogP contribution in [0.1, 0.15) is 29.9 Å². The fourth-order valence-corrected chi connectivity index (χ4v) is 3.76. The summed E-state index contributed by atoms with van der Waals surface area (Å²) < 4.78 is 11.7. The van der Waals surface area contributed by atoms with Gasteiger partial charge in [0.2, 0.25) is 11.8 Å². The van der Waals surface area contributed by atoms with Gasteiger partial charge in [-0.25, -0.2) is 9.78 Å². The standard InChI is InChI=1S/C24H24N2O5/c1-16-20(25-23(31-16)18-8-3-2-4-9-18)15-30-19-10-5-7-17(13-19)14-22(27)26-12-6-11-21(26)24(28)29/h2-5,7-10,13,21H,6,11-12,14-15H2,1H3,(H,28,29)/t21-/m0/s1. The van der Waals surface area contributed by atoms with E-state index in [1.165, 1.54) is 4.90 Å². The molecule has 1 aliphatic heterocycles. The Hall–Kier alpha value is -3.61. The summed E-state index contributed by atoms with van der Waals surface area (Å²) in [5, 5.41) is 9.29. The van der Waals surface area contributed by atoms with E-state index in [1.54, 1.807) is 6.07 Å². The Labute approximate surface area is 180 Å². The van der Waals surface area contributed by atoms with Gasteiger partial charge in [0.25, 0.3) is 0 Å². The fourth-order valence-electron chi connectivity index (χ4n) is 3.76. The van der Waals surface area contributed by atoms with Gasteiger partial charge in [-0.05, 0) is 49.6 Å². The quantitative estimate of drug-likeness (QED) is 0.624. The Morgan fingerprint density at radius 1 is 1.19 bits per heavy atom. The molecule has 4 rings (SSSR count). The predicted molar refractivity (Wildman–Crippen MR) is 114 cm³/mol. The van der Waals surface area contributed by atoms with Crippen molar-refractivity contribution in [1.82, 2.24) is 9.88 Å². The number of hydrogen-bond acceptors (Lipinski definition) is 5. The molecule has 2 aromatic carbocycles. The molecule has 0 aliphatic carbocycles. The van der Waals surface area contributed by atoms with E-state index in [0.717, 1.165) is 11.1 Å². The van der Waals surface area contributed by atoms with Gasteiger partial charge in [0.15, 0.2) is 0 Å². The van der Waals surface area contributed by atoms with E-state index in [2.05, 4.69) is 4.98 Å². The number of carboxylic acids is 1. The van der Waals surface area contributed by atoms with Crippen LogP contribution in [0.25, 0.3) is 11.5 Å². The number of aliphatic carboxylic acids is 1. The number of carbonyl (C=O) groups is 2. The Morgan fingerprint density at radius 2 is 2.00 bits per heavy atom. The summed E-state index contributed by atoms with van der Waals surface area (Å²) in [5.74, 6) is 0.737. The molecule has 160 valence electrons. The van der Waals surface area contributed by atoms with Crippen LogP contribution in [-0.2, 0) is 22.6 Å². The molecule has 0 radical (unpaired) electrons. The maximum Gasteiger partial charge on any atom is 0.326 e. The lowest BCUT2D eigenvalue weighted by molar-refractivity contribution is -0.148. The first-order valence-electron chi connectivity index (χ1n) is 10.3. The first-order valence-corrected chi connectivity index (χ1v) is 10.3. The number of benzene rings is 2. The van der Waals surface area contributed by atoms with Gasteiger partial charge in [-0.3, -0.25) is 4.79 Å². The van der Waals surface area contributed by atoms with E-state index in [4.69, 9.17) is 9.15 Å². The monoisotopic (exact) mass is 420 g/mol. The maximum atomic E-state index is 12.6. The Balaban J connectivity index is 1.40. The van der Waals surface area contributed by atoms with E-state index < -0.39 is 12.0 Å². The minimum Gasteiger partial charge on any atom is -0.487 e. The van der Waals surface area contributed by atoms with Gasteiger partial charge >= 0.3 is 5.97 Å². The zero-order valence-electron chi connectivity index (χ0n) is 17.3. The van der Waals surface area contributed by atoms with Crippen molar-refractivity contribution in [3.63, 3.8) is 0 Å². The Kier molecular flexibility index (Phi) is 6.02. The summed E-state index contributed by atoms with van der Waals surface area (Å²) in [7, 11) is 0. The molecule has 7 heteroatoms. The predicted octanol–water partition coefficient (Wildman–Crippen LogP) is 3.85. The second-order valence-electron chi connectivity index (χ2n) is 7.58. The van der Waals surface area contributed by atoms with E-state index in [9.17, 15) is 14.7 Å². The maximum absolute atomic E-state index is 12.6. The summed E-state index contributed by atoms with van der Waals surface area (Å²) in [6, 6.07) is 16.2. The second kappa shape index (κ2) is 9.04. The van der Waals surface area contributed by atoms with Gasteiger partial charge in [-0.1, -0.05) is 30.3 Å². The third-order valence-corrected chi connectivity index (χ3v) is 5.40. The number of nitrogens with zero attached hydrogens (tertiary/aromatic N) is 2. The molecule has 3 aromatic rings. The molecule has 0 bridgehead atoms. The van der Waals surface area contributed by atoms with Crippen LogP contribution >= 0.6 is 0 Å². The van der Waals surface area contributed by atoms with Crippen molar-refractivity contribution in [1.29, 1.82) is 0 Å². The number of ether oxygens (including phenoxy) is 1. The van der Waals surface area contributed by atoms with Crippen molar-refractivity contribution in [2.45, 2.75) is 38.8 Å². The Bertz CT molecular complexity index is 1080. The van der Waals surface area contributed by atoms with Crippen LogP contribution < -0.4 is 4.74 Å². The van der Waals surface area contributed by atoms with Crippen LogP contribution in [-0.4, -0.2) is 39.5 Å². The molecule has 1 N–H and O–H groups in total. The van der Waals surface area contributed by atoms with Gasteiger partial charge in [0.05, 0.1) is 6.42 Å². The highest BCUT2D eigenvalue weighted by Crippen LogP contribution is 2.24. The molecule has 1 atom stereocenters. The molecule has 7 nitrogen and oxygen atoms in total. The highest BCUT2D eigenvalue weighted by atomic mass is 16.5. The van der Waals surface area contributed by atoms with Gasteiger partial charge in [0, 0.05) is 12.1 Å². The summed E-state index contributed by atoms with van der Waals surface area (Å²) in [6.45, 7) is 2.58. The molecule has 1 aromatic heterocycles. The second-order valence-corrected chi connectivity index (χ2v) is 7.58. The average molecular weight is 420 g/mol. The molecule has 1 amide bonds. The molecular weight excluding hydrogens is 396 g/mol. The Morgan fingerprint density at radius 3 is 2.77 bits per heavy atom. The van der Waals surface area contributed by atoms with Crippen molar-refractivity contribution in [2.24, 2.45) is 0 Å². The molecular formula is C24H24N2O5. The van der Waals surface area contributed by atoms with Crippen molar-refractivity contribution < 1.29 is 23.8 Å². The van der Waals surface area contributed by atoms with Gasteiger partial charge in [-0.2, -0.15) is 0 Å². The molecule has 1 aliphatic rings. The molecule has 0 saturated carbocycles. The van der Waals surface area contributed by atoms with Gasteiger partial charge < -0.3 is 19.2 Å². The molecule has 2 heterocycles. The topological polar surface area (TPSA) is 92.9 Å². The van der Waals surface area contributed by atoms with Crippen LogP contribution in [0.4, 0.5) is 0 Å². The van der Waals surface area contributed by atoms with Crippen LogP contribution in [0, 0.1) is 6.92 Å². The van der Waals surface area contributed by atoms with Crippen molar-refractivity contribution >= 4 is 11.9 Å². The van der Waals surface area contributed by atoms with Gasteiger partial charge in [0.1, 0.15) is 29.9 Å². The molecule has 1 saturated heterocycles. The summed E-state index contributed by atoms with van der Waals surface area (Å²) in [6.07, 6.45) is 1.36. The van der Waals surface area contributed by atoms with Crippen molar-refractivity contribution in [3.8, 4) is 17.2 Å². The highest BCUT2D eigenvalue weighted by Gasteiger charge is 2.33. The highest BCUT2D eigenvalue weighted by molar-refractivity contribution is 5.85. The normalized spacial score (nSPS) is 15.8. The summed E-state index contributed by atoms with van der Waals surface area (Å²) in [5.41, 5.74) is 2.39. The van der Waals surface area contributed by atoms with E-state index in [-0.39, 0.29) is 18.9 Å². The number of aryl methyl sites for hydroxylation is 1. The fraction of sp³-hybridized carbons (Fsp3) is 0.292. The first-order chi connectivity index (χ1) is 15.0. The minimum atomic E-state index is -0.944. The SMILES string of the molecule is Cc1oc(-c2ccccc2)nc1COc1cccc(CC(=O)N2CCC[C@H]2C(=O)O)c1. The molecule has 0 spiro atoms. The van der Waals surface area contributed by atoms with Crippen molar-refractivity contribution in [2.75, 3.05) is 6.54 Å². The molecule has 31 heavy (non-hydrogen) atoms. The number of carbonyl (C=O) groups excluding carboxylic acids is 1.